The minimum Gasteiger partial charge on any atom is -0.300 e. The van der Waals surface area contributed by atoms with Crippen molar-refractivity contribution in [3.05, 3.63) is 0 Å². The molecule has 0 aromatic rings. The first-order valence-corrected chi connectivity index (χ1v) is 10.6. The molecule has 1 spiro atoms. The van der Waals surface area contributed by atoms with Crippen molar-refractivity contribution in [3.63, 3.8) is 0 Å². The van der Waals surface area contributed by atoms with E-state index in [-0.39, 0.29) is 0 Å². The minimum atomic E-state index is 0.703. The third-order valence-corrected chi connectivity index (χ3v) is 6.42. The Kier molecular flexibility index (Phi) is 7.35. The molecule has 3 rings (SSSR count). The van der Waals surface area contributed by atoms with Crippen molar-refractivity contribution < 1.29 is 0 Å². The molecule has 0 saturated carbocycles. The summed E-state index contributed by atoms with van der Waals surface area (Å²) in [6.07, 6.45) is 0. The average Bonchev–Trinajstić information content (AvgIpc) is 2.44. The number of likely N-dealkylation sites (tertiary alicyclic amines) is 2. The van der Waals surface area contributed by atoms with Gasteiger partial charge >= 0.3 is 0 Å². The van der Waals surface area contributed by atoms with E-state index in [0.29, 0.717) is 5.41 Å². The number of piperazine rings is 1. The molecule has 0 bridgehead atoms. The molecule has 3 fully saturated rings. The topological polar surface area (TPSA) is 13.0 Å². The van der Waals surface area contributed by atoms with Gasteiger partial charge in [-0.05, 0) is 55.4 Å². The molecule has 4 nitrogen and oxygen atoms in total. The Labute approximate surface area is 157 Å². The molecule has 0 N–H and O–H groups in total. The van der Waals surface area contributed by atoms with Crippen molar-refractivity contribution in [2.75, 3.05) is 52.4 Å². The van der Waals surface area contributed by atoms with Crippen molar-refractivity contribution in [1.29, 1.82) is 0 Å². The molecular weight excluding hydrogens is 308 g/mol. The predicted octanol–water partition coefficient (Wildman–Crippen LogP) is 2.84. The molecule has 0 unspecified atom stereocenters. The molecule has 3 saturated heterocycles. The zero-order valence-corrected chi connectivity index (χ0v) is 18.3. The van der Waals surface area contributed by atoms with Crippen LogP contribution in [0.15, 0.2) is 0 Å². The van der Waals surface area contributed by atoms with Crippen LogP contribution < -0.4 is 0 Å². The summed E-state index contributed by atoms with van der Waals surface area (Å²) < 4.78 is 0. The summed E-state index contributed by atoms with van der Waals surface area (Å²) >= 11 is 0. The van der Waals surface area contributed by atoms with Gasteiger partial charge in [0, 0.05) is 81.9 Å². The summed E-state index contributed by atoms with van der Waals surface area (Å²) in [5, 5.41) is 0. The first-order chi connectivity index (χ1) is 11.6. The molecule has 0 amide bonds. The van der Waals surface area contributed by atoms with Gasteiger partial charge in [-0.1, -0.05) is 0 Å². The number of hydrogen-bond donors (Lipinski definition) is 0. The maximum atomic E-state index is 2.58. The van der Waals surface area contributed by atoms with Crippen molar-refractivity contribution >= 4 is 0 Å². The largest absolute Gasteiger partial charge is 0.300 e. The minimum absolute atomic E-state index is 0.703. The van der Waals surface area contributed by atoms with E-state index in [1.54, 1.807) is 0 Å². The first-order valence-electron chi connectivity index (χ1n) is 10.6. The van der Waals surface area contributed by atoms with E-state index in [0.717, 1.165) is 24.2 Å². The van der Waals surface area contributed by atoms with Crippen molar-refractivity contribution in [1.82, 2.24) is 19.6 Å². The van der Waals surface area contributed by atoms with Gasteiger partial charge in [-0.15, -0.1) is 0 Å². The summed E-state index contributed by atoms with van der Waals surface area (Å²) in [4.78, 5) is 10.3. The SMILES string of the molecule is CC(C)N1CC2(C1)CN(C(C)C)C2.CC(C)N1CCN(C(C)C)CC1. The highest BCUT2D eigenvalue weighted by Gasteiger charge is 2.52. The van der Waals surface area contributed by atoms with Crippen LogP contribution in [0.4, 0.5) is 0 Å². The van der Waals surface area contributed by atoms with E-state index >= 15 is 0 Å². The van der Waals surface area contributed by atoms with Crippen LogP contribution in [0.1, 0.15) is 55.4 Å². The van der Waals surface area contributed by atoms with Crippen LogP contribution >= 0.6 is 0 Å². The molecule has 25 heavy (non-hydrogen) atoms. The van der Waals surface area contributed by atoms with E-state index < -0.39 is 0 Å². The second-order valence-electron chi connectivity index (χ2n) is 9.76. The average molecular weight is 353 g/mol. The molecule has 0 aromatic heterocycles. The summed E-state index contributed by atoms with van der Waals surface area (Å²) in [5.74, 6) is 0. The summed E-state index contributed by atoms with van der Waals surface area (Å²) in [6.45, 7) is 28.7. The quantitative estimate of drug-likeness (QED) is 0.771. The molecule has 0 atom stereocenters. The van der Waals surface area contributed by atoms with E-state index in [1.807, 2.05) is 0 Å². The highest BCUT2D eigenvalue weighted by Crippen LogP contribution is 2.41. The monoisotopic (exact) mass is 352 g/mol. The second-order valence-corrected chi connectivity index (χ2v) is 9.76. The lowest BCUT2D eigenvalue weighted by molar-refractivity contribution is -0.135. The van der Waals surface area contributed by atoms with E-state index in [4.69, 9.17) is 0 Å². The predicted molar refractivity (Wildman–Crippen MR) is 109 cm³/mol. The van der Waals surface area contributed by atoms with Gasteiger partial charge < -0.3 is 0 Å². The smallest absolute Gasteiger partial charge is 0.0212 e. The molecular formula is C21H44N4. The third kappa shape index (κ3) is 5.41. The molecule has 4 heteroatoms. The highest BCUT2D eigenvalue weighted by atomic mass is 15.3. The lowest BCUT2D eigenvalue weighted by atomic mass is 9.72. The molecule has 148 valence electrons. The zero-order chi connectivity index (χ0) is 18.8. The van der Waals surface area contributed by atoms with Crippen LogP contribution in [0.5, 0.6) is 0 Å². The standard InChI is InChI=1S/C11H22N2.C10H22N2/c1-9(2)12-5-11(6-12)7-13(8-11)10(3)4;1-9(2)11-5-7-12(8-6-11)10(3)4/h9-10H,5-8H2,1-4H3;9-10H,5-8H2,1-4H3. The van der Waals surface area contributed by atoms with Gasteiger partial charge in [-0.3, -0.25) is 19.6 Å². The van der Waals surface area contributed by atoms with Gasteiger partial charge in [0.1, 0.15) is 0 Å². The fraction of sp³-hybridized carbons (Fsp3) is 1.00. The maximum Gasteiger partial charge on any atom is 0.0212 e. The molecule has 0 aliphatic carbocycles. The van der Waals surface area contributed by atoms with Crippen LogP contribution in [0.2, 0.25) is 0 Å². The van der Waals surface area contributed by atoms with E-state index in [2.05, 4.69) is 75.0 Å². The summed E-state index contributed by atoms with van der Waals surface area (Å²) in [5.41, 5.74) is 0.703. The van der Waals surface area contributed by atoms with E-state index in [1.165, 1.54) is 52.4 Å². The van der Waals surface area contributed by atoms with Gasteiger partial charge in [0.25, 0.3) is 0 Å². The lowest BCUT2D eigenvalue weighted by Gasteiger charge is -2.62. The highest BCUT2D eigenvalue weighted by molar-refractivity contribution is 5.06. The Morgan fingerprint density at radius 2 is 0.680 bits per heavy atom. The molecule has 0 aromatic carbocycles. The Hall–Kier alpha value is -0.160. The van der Waals surface area contributed by atoms with Gasteiger partial charge in [0.2, 0.25) is 0 Å². The van der Waals surface area contributed by atoms with Crippen LogP contribution in [-0.4, -0.2) is 96.1 Å². The zero-order valence-electron chi connectivity index (χ0n) is 18.3. The Balaban J connectivity index is 0.000000181. The normalized spacial score (nSPS) is 25.4. The van der Waals surface area contributed by atoms with Crippen molar-refractivity contribution in [2.24, 2.45) is 5.41 Å². The lowest BCUT2D eigenvalue weighted by Crippen LogP contribution is -2.73. The first kappa shape index (κ1) is 21.1. The Bertz CT molecular complexity index is 343. The summed E-state index contributed by atoms with van der Waals surface area (Å²) in [6, 6.07) is 2.94. The van der Waals surface area contributed by atoms with Crippen LogP contribution in [-0.2, 0) is 0 Å². The summed E-state index contributed by atoms with van der Waals surface area (Å²) in [7, 11) is 0. The maximum absolute atomic E-state index is 2.58. The number of nitrogens with zero attached hydrogens (tertiary/aromatic N) is 4. The molecule has 3 aliphatic heterocycles. The Morgan fingerprint density at radius 3 is 0.880 bits per heavy atom. The molecule has 0 radical (unpaired) electrons. The number of rotatable bonds is 4. The van der Waals surface area contributed by atoms with E-state index in [9.17, 15) is 0 Å². The van der Waals surface area contributed by atoms with Crippen LogP contribution in [0, 0.1) is 5.41 Å². The van der Waals surface area contributed by atoms with Crippen molar-refractivity contribution in [2.45, 2.75) is 79.6 Å². The van der Waals surface area contributed by atoms with Crippen molar-refractivity contribution in [3.8, 4) is 0 Å². The third-order valence-electron chi connectivity index (χ3n) is 6.42. The fourth-order valence-corrected chi connectivity index (χ4v) is 4.33. The van der Waals surface area contributed by atoms with Gasteiger partial charge in [0.05, 0.1) is 0 Å². The second kappa shape index (κ2) is 8.69. The number of hydrogen-bond acceptors (Lipinski definition) is 4. The fourth-order valence-electron chi connectivity index (χ4n) is 4.33. The molecule has 3 heterocycles. The Morgan fingerprint density at radius 1 is 0.440 bits per heavy atom. The molecule has 3 aliphatic rings. The van der Waals surface area contributed by atoms with Gasteiger partial charge in [0.15, 0.2) is 0 Å². The van der Waals surface area contributed by atoms with Crippen LogP contribution in [0.25, 0.3) is 0 Å². The van der Waals surface area contributed by atoms with Gasteiger partial charge in [-0.2, -0.15) is 0 Å². The van der Waals surface area contributed by atoms with Gasteiger partial charge in [-0.25, -0.2) is 0 Å². The van der Waals surface area contributed by atoms with Crippen LogP contribution in [0.3, 0.4) is 0 Å².